The fourth-order valence-electron chi connectivity index (χ4n) is 2.92. The van der Waals surface area contributed by atoms with Gasteiger partial charge in [0.05, 0.1) is 0 Å². The number of aliphatic hydroxyl groups excluding tert-OH is 1. The maximum absolute atomic E-state index is 9.40. The second kappa shape index (κ2) is 6.91. The van der Waals surface area contributed by atoms with Crippen LogP contribution in [0.15, 0.2) is 30.3 Å². The van der Waals surface area contributed by atoms with Gasteiger partial charge >= 0.3 is 0 Å². The smallest absolute Gasteiger partial charge is 0.0474 e. The second-order valence-corrected chi connectivity index (χ2v) is 5.55. The molecule has 0 bridgehead atoms. The summed E-state index contributed by atoms with van der Waals surface area (Å²) in [5.74, 6) is 0.995. The molecule has 1 aliphatic carbocycles. The lowest BCUT2D eigenvalue weighted by atomic mass is 9.84. The van der Waals surface area contributed by atoms with Crippen LogP contribution in [0.25, 0.3) is 0 Å². The molecule has 0 radical (unpaired) electrons. The summed E-state index contributed by atoms with van der Waals surface area (Å²) in [4.78, 5) is 0. The van der Waals surface area contributed by atoms with E-state index in [1.165, 1.54) is 31.2 Å². The van der Waals surface area contributed by atoms with Crippen LogP contribution in [0.1, 0.15) is 44.1 Å². The van der Waals surface area contributed by atoms with Gasteiger partial charge in [0.25, 0.3) is 0 Å². The summed E-state index contributed by atoms with van der Waals surface area (Å²) in [7, 11) is 0. The van der Waals surface area contributed by atoms with Gasteiger partial charge in [0, 0.05) is 19.2 Å². The third-order valence-corrected chi connectivity index (χ3v) is 4.20. The zero-order valence-corrected chi connectivity index (χ0v) is 11.3. The van der Waals surface area contributed by atoms with Crippen molar-refractivity contribution in [1.29, 1.82) is 0 Å². The minimum Gasteiger partial charge on any atom is -0.396 e. The van der Waals surface area contributed by atoms with Crippen LogP contribution in [-0.2, 0) is 0 Å². The van der Waals surface area contributed by atoms with Crippen molar-refractivity contribution in [3.63, 3.8) is 0 Å². The fourth-order valence-corrected chi connectivity index (χ4v) is 2.92. The summed E-state index contributed by atoms with van der Waals surface area (Å²) >= 11 is 0. The van der Waals surface area contributed by atoms with E-state index < -0.39 is 0 Å². The predicted octanol–water partition coefficient (Wildman–Crippen LogP) is 2.93. The average molecular weight is 247 g/mol. The lowest BCUT2D eigenvalue weighted by Crippen LogP contribution is -2.41. The normalized spacial score (nSPS) is 25.9. The Bertz CT molecular complexity index is 338. The molecule has 0 aromatic heterocycles. The van der Waals surface area contributed by atoms with Crippen LogP contribution in [0.5, 0.6) is 0 Å². The zero-order valence-electron chi connectivity index (χ0n) is 11.3. The highest BCUT2D eigenvalue weighted by Gasteiger charge is 2.24. The van der Waals surface area contributed by atoms with Crippen molar-refractivity contribution in [2.24, 2.45) is 5.92 Å². The summed E-state index contributed by atoms with van der Waals surface area (Å²) in [6.07, 6.45) is 4.96. The molecule has 0 spiro atoms. The lowest BCUT2D eigenvalue weighted by molar-refractivity contribution is 0.152. The number of nitrogens with one attached hydrogen (secondary N) is 1. The molecule has 1 aromatic carbocycles. The first kappa shape index (κ1) is 13.6. The van der Waals surface area contributed by atoms with E-state index in [1.807, 2.05) is 0 Å². The van der Waals surface area contributed by atoms with E-state index in [0.29, 0.717) is 24.5 Å². The largest absolute Gasteiger partial charge is 0.396 e. The minimum atomic E-state index is 0.331. The molecule has 2 rings (SSSR count). The molecular weight excluding hydrogens is 222 g/mol. The van der Waals surface area contributed by atoms with Crippen molar-refractivity contribution in [2.45, 2.75) is 44.6 Å². The van der Waals surface area contributed by atoms with Crippen LogP contribution in [0.4, 0.5) is 0 Å². The van der Waals surface area contributed by atoms with Gasteiger partial charge in [-0.1, -0.05) is 50.1 Å². The van der Waals surface area contributed by atoms with Gasteiger partial charge in [-0.3, -0.25) is 0 Å². The molecule has 1 fully saturated rings. The fraction of sp³-hybridized carbons (Fsp3) is 0.625. The highest BCUT2D eigenvalue weighted by atomic mass is 16.3. The first-order valence-corrected chi connectivity index (χ1v) is 7.20. The van der Waals surface area contributed by atoms with Crippen LogP contribution in [0, 0.1) is 5.92 Å². The Morgan fingerprint density at radius 1 is 1.22 bits per heavy atom. The Morgan fingerprint density at radius 2 is 1.94 bits per heavy atom. The van der Waals surface area contributed by atoms with Gasteiger partial charge in [-0.25, -0.2) is 0 Å². The van der Waals surface area contributed by atoms with Gasteiger partial charge in [0.1, 0.15) is 0 Å². The second-order valence-electron chi connectivity index (χ2n) is 5.55. The molecule has 100 valence electrons. The topological polar surface area (TPSA) is 32.3 Å². The van der Waals surface area contributed by atoms with Crippen LogP contribution in [0.2, 0.25) is 0 Å². The molecule has 2 nitrogen and oxygen atoms in total. The molecule has 1 aliphatic rings. The Balaban J connectivity index is 1.83. The Labute approximate surface area is 110 Å². The van der Waals surface area contributed by atoms with Gasteiger partial charge in [-0.15, -0.1) is 0 Å². The third-order valence-electron chi connectivity index (χ3n) is 4.20. The minimum absolute atomic E-state index is 0.331. The van der Waals surface area contributed by atoms with Crippen LogP contribution in [0.3, 0.4) is 0 Å². The molecule has 3 unspecified atom stereocenters. The van der Waals surface area contributed by atoms with E-state index in [1.54, 1.807) is 0 Å². The summed E-state index contributed by atoms with van der Waals surface area (Å²) in [6.45, 7) is 3.60. The van der Waals surface area contributed by atoms with Crippen molar-refractivity contribution in [3.8, 4) is 0 Å². The summed E-state index contributed by atoms with van der Waals surface area (Å²) < 4.78 is 0. The number of hydrogen-bond acceptors (Lipinski definition) is 2. The molecule has 0 aliphatic heterocycles. The number of benzene rings is 1. The van der Waals surface area contributed by atoms with Crippen molar-refractivity contribution in [2.75, 3.05) is 13.2 Å². The monoisotopic (exact) mass is 247 g/mol. The van der Waals surface area contributed by atoms with Crippen molar-refractivity contribution in [1.82, 2.24) is 5.32 Å². The molecular formula is C16H25NO. The first-order valence-electron chi connectivity index (χ1n) is 7.20. The van der Waals surface area contributed by atoms with Crippen LogP contribution >= 0.6 is 0 Å². The lowest BCUT2D eigenvalue weighted by Gasteiger charge is -2.32. The van der Waals surface area contributed by atoms with Gasteiger partial charge < -0.3 is 10.4 Å². The standard InChI is InChI=1S/C16H25NO/c1-13(14-7-3-2-4-8-14)11-17-16-10-6-5-9-15(16)12-18/h2-4,7-8,13,15-18H,5-6,9-12H2,1H3. The zero-order chi connectivity index (χ0) is 12.8. The maximum Gasteiger partial charge on any atom is 0.0474 e. The van der Waals surface area contributed by atoms with E-state index >= 15 is 0 Å². The molecule has 1 aromatic rings. The van der Waals surface area contributed by atoms with E-state index in [-0.39, 0.29) is 0 Å². The van der Waals surface area contributed by atoms with Crippen molar-refractivity contribution >= 4 is 0 Å². The Morgan fingerprint density at radius 3 is 2.67 bits per heavy atom. The Hall–Kier alpha value is -0.860. The number of hydrogen-bond donors (Lipinski definition) is 2. The van der Waals surface area contributed by atoms with Gasteiger partial charge in [0.2, 0.25) is 0 Å². The molecule has 0 amide bonds. The van der Waals surface area contributed by atoms with E-state index in [2.05, 4.69) is 42.6 Å². The quantitative estimate of drug-likeness (QED) is 0.838. The van der Waals surface area contributed by atoms with Gasteiger partial charge in [-0.05, 0) is 30.2 Å². The third kappa shape index (κ3) is 3.56. The van der Waals surface area contributed by atoms with Gasteiger partial charge in [-0.2, -0.15) is 0 Å². The first-order chi connectivity index (χ1) is 8.81. The van der Waals surface area contributed by atoms with Crippen molar-refractivity contribution in [3.05, 3.63) is 35.9 Å². The molecule has 0 saturated heterocycles. The molecule has 2 heteroatoms. The highest BCUT2D eigenvalue weighted by Crippen LogP contribution is 2.24. The van der Waals surface area contributed by atoms with Crippen LogP contribution < -0.4 is 5.32 Å². The van der Waals surface area contributed by atoms with E-state index in [0.717, 1.165) is 6.54 Å². The Kier molecular flexibility index (Phi) is 5.21. The van der Waals surface area contributed by atoms with Crippen LogP contribution in [-0.4, -0.2) is 24.3 Å². The SMILES string of the molecule is CC(CNC1CCCCC1CO)c1ccccc1. The number of rotatable bonds is 5. The molecule has 2 N–H and O–H groups in total. The number of aliphatic hydroxyl groups is 1. The molecule has 3 atom stereocenters. The van der Waals surface area contributed by atoms with Gasteiger partial charge in [0.15, 0.2) is 0 Å². The molecule has 18 heavy (non-hydrogen) atoms. The molecule has 1 saturated carbocycles. The average Bonchev–Trinajstić information content (AvgIpc) is 2.46. The highest BCUT2D eigenvalue weighted by molar-refractivity contribution is 5.19. The maximum atomic E-state index is 9.40. The van der Waals surface area contributed by atoms with E-state index in [4.69, 9.17) is 0 Å². The predicted molar refractivity (Wildman–Crippen MR) is 75.7 cm³/mol. The summed E-state index contributed by atoms with van der Waals surface area (Å²) in [5, 5.41) is 13.1. The summed E-state index contributed by atoms with van der Waals surface area (Å²) in [6, 6.07) is 11.2. The summed E-state index contributed by atoms with van der Waals surface area (Å²) in [5.41, 5.74) is 1.39. The van der Waals surface area contributed by atoms with Crippen molar-refractivity contribution < 1.29 is 5.11 Å². The molecule has 0 heterocycles. The van der Waals surface area contributed by atoms with E-state index in [9.17, 15) is 5.11 Å².